The summed E-state index contributed by atoms with van der Waals surface area (Å²) in [4.78, 5) is 14.4. The third-order valence-electron chi connectivity index (χ3n) is 5.59. The highest BCUT2D eigenvalue weighted by Gasteiger charge is 2.35. The molecule has 1 aliphatic heterocycles. The van der Waals surface area contributed by atoms with E-state index in [-0.39, 0.29) is 22.5 Å². The minimum absolute atomic E-state index is 0.112. The number of benzene rings is 1. The summed E-state index contributed by atoms with van der Waals surface area (Å²) < 4.78 is 13.4. The van der Waals surface area contributed by atoms with Crippen LogP contribution in [0.15, 0.2) is 18.2 Å². The van der Waals surface area contributed by atoms with E-state index in [1.165, 1.54) is 6.07 Å². The number of nitrogens with zero attached hydrogens (tertiary/aromatic N) is 1. The van der Waals surface area contributed by atoms with Crippen LogP contribution >= 0.6 is 11.6 Å². The van der Waals surface area contributed by atoms with E-state index in [0.29, 0.717) is 6.42 Å². The molecule has 0 unspecified atom stereocenters. The van der Waals surface area contributed by atoms with E-state index >= 15 is 0 Å². The molecule has 0 radical (unpaired) electrons. The van der Waals surface area contributed by atoms with Crippen LogP contribution in [0, 0.1) is 5.82 Å². The Morgan fingerprint density at radius 3 is 2.64 bits per heavy atom. The Morgan fingerprint density at radius 2 is 2.00 bits per heavy atom. The molecule has 4 nitrogen and oxygen atoms in total. The van der Waals surface area contributed by atoms with Crippen LogP contribution in [0.25, 0.3) is 0 Å². The lowest BCUT2D eigenvalue weighted by molar-refractivity contribution is -0.130. The number of halogens is 2. The maximum absolute atomic E-state index is 13.4. The average Bonchev–Trinajstić information content (AvgIpc) is 3.13. The van der Waals surface area contributed by atoms with E-state index in [0.717, 1.165) is 63.7 Å². The van der Waals surface area contributed by atoms with Gasteiger partial charge in [-0.05, 0) is 63.1 Å². The molecule has 0 bridgehead atoms. The van der Waals surface area contributed by atoms with Gasteiger partial charge in [0.05, 0.1) is 5.02 Å². The summed E-state index contributed by atoms with van der Waals surface area (Å²) in [7, 11) is 0. The standard InChI is InChI=1S/C19H27ClFN3O/c20-16-13-15(3-4-17(16)21)23-19(8-5-14(22)6-9-19)10-7-18(25)24-11-1-2-12-24/h3-4,13-14,23H,1-2,5-12,22H2. The number of nitrogens with two attached hydrogens (primary N) is 1. The van der Waals surface area contributed by atoms with Gasteiger partial charge in [0.25, 0.3) is 0 Å². The van der Waals surface area contributed by atoms with Crippen molar-refractivity contribution in [3.63, 3.8) is 0 Å². The first kappa shape index (κ1) is 18.5. The summed E-state index contributed by atoms with van der Waals surface area (Å²) in [6.07, 6.45) is 7.21. The second-order valence-corrected chi connectivity index (χ2v) is 7.87. The fourth-order valence-corrected chi connectivity index (χ4v) is 4.16. The Bertz CT molecular complexity index is 611. The number of likely N-dealkylation sites (tertiary alicyclic amines) is 1. The highest BCUT2D eigenvalue weighted by molar-refractivity contribution is 6.31. The van der Waals surface area contributed by atoms with Crippen molar-refractivity contribution in [1.29, 1.82) is 0 Å². The van der Waals surface area contributed by atoms with Crippen molar-refractivity contribution in [2.75, 3.05) is 18.4 Å². The number of amides is 1. The van der Waals surface area contributed by atoms with Gasteiger partial charge in [-0.15, -0.1) is 0 Å². The van der Waals surface area contributed by atoms with Gasteiger partial charge < -0.3 is 16.0 Å². The van der Waals surface area contributed by atoms with E-state index < -0.39 is 5.82 Å². The predicted octanol–water partition coefficient (Wildman–Crippen LogP) is 3.93. The topological polar surface area (TPSA) is 58.4 Å². The molecule has 1 aromatic carbocycles. The molecule has 0 spiro atoms. The van der Waals surface area contributed by atoms with E-state index in [1.54, 1.807) is 12.1 Å². The molecule has 138 valence electrons. The van der Waals surface area contributed by atoms with Crippen LogP contribution in [-0.2, 0) is 4.79 Å². The number of hydrogen-bond acceptors (Lipinski definition) is 3. The number of rotatable bonds is 5. The molecular weight excluding hydrogens is 341 g/mol. The average molecular weight is 368 g/mol. The molecule has 6 heteroatoms. The van der Waals surface area contributed by atoms with E-state index in [9.17, 15) is 9.18 Å². The third kappa shape index (κ3) is 4.64. The first-order valence-electron chi connectivity index (χ1n) is 9.24. The van der Waals surface area contributed by atoms with Crippen LogP contribution < -0.4 is 11.1 Å². The van der Waals surface area contributed by atoms with Gasteiger partial charge in [0.1, 0.15) is 5.82 Å². The van der Waals surface area contributed by atoms with Crippen LogP contribution in [0.2, 0.25) is 5.02 Å². The lowest BCUT2D eigenvalue weighted by Crippen LogP contribution is -2.45. The van der Waals surface area contributed by atoms with Crippen molar-refractivity contribution in [2.45, 2.75) is 62.9 Å². The fraction of sp³-hybridized carbons (Fsp3) is 0.632. The first-order valence-corrected chi connectivity index (χ1v) is 9.62. The van der Waals surface area contributed by atoms with Crippen molar-refractivity contribution in [2.24, 2.45) is 5.73 Å². The summed E-state index contributed by atoms with van der Waals surface area (Å²) in [5.41, 5.74) is 6.70. The van der Waals surface area contributed by atoms with Gasteiger partial charge in [0.2, 0.25) is 5.91 Å². The van der Waals surface area contributed by atoms with Crippen molar-refractivity contribution in [1.82, 2.24) is 4.90 Å². The maximum Gasteiger partial charge on any atom is 0.222 e. The van der Waals surface area contributed by atoms with Crippen LogP contribution in [0.5, 0.6) is 0 Å². The minimum Gasteiger partial charge on any atom is -0.380 e. The zero-order chi connectivity index (χ0) is 17.9. The Kier molecular flexibility index (Phi) is 5.85. The lowest BCUT2D eigenvalue weighted by atomic mass is 9.76. The van der Waals surface area contributed by atoms with Crippen LogP contribution in [0.3, 0.4) is 0 Å². The monoisotopic (exact) mass is 367 g/mol. The summed E-state index contributed by atoms with van der Waals surface area (Å²) in [5.74, 6) is -0.179. The molecular formula is C19H27ClFN3O. The Hall–Kier alpha value is -1.33. The SMILES string of the molecule is NC1CCC(CCC(=O)N2CCCC2)(Nc2ccc(F)c(Cl)c2)CC1. The summed E-state index contributed by atoms with van der Waals surface area (Å²) in [6.45, 7) is 1.77. The van der Waals surface area contributed by atoms with E-state index in [4.69, 9.17) is 17.3 Å². The van der Waals surface area contributed by atoms with Crippen LogP contribution in [0.4, 0.5) is 10.1 Å². The zero-order valence-electron chi connectivity index (χ0n) is 14.6. The van der Waals surface area contributed by atoms with Crippen molar-refractivity contribution < 1.29 is 9.18 Å². The smallest absolute Gasteiger partial charge is 0.222 e. The molecule has 1 aromatic rings. The largest absolute Gasteiger partial charge is 0.380 e. The van der Waals surface area contributed by atoms with Gasteiger partial charge in [-0.25, -0.2) is 4.39 Å². The first-order chi connectivity index (χ1) is 12.0. The molecule has 3 N–H and O–H groups in total. The molecule has 1 aliphatic carbocycles. The maximum atomic E-state index is 13.4. The fourth-order valence-electron chi connectivity index (χ4n) is 3.98. The number of nitrogens with one attached hydrogen (secondary N) is 1. The molecule has 1 saturated heterocycles. The molecule has 3 rings (SSSR count). The number of carbonyl (C=O) groups excluding carboxylic acids is 1. The second-order valence-electron chi connectivity index (χ2n) is 7.46. The van der Waals surface area contributed by atoms with Gasteiger partial charge in [-0.3, -0.25) is 4.79 Å². The van der Waals surface area contributed by atoms with Gasteiger partial charge in [-0.1, -0.05) is 11.6 Å². The predicted molar refractivity (Wildman–Crippen MR) is 99.3 cm³/mol. The van der Waals surface area contributed by atoms with Crippen molar-refractivity contribution in [3.8, 4) is 0 Å². The van der Waals surface area contributed by atoms with E-state index in [1.807, 2.05) is 4.90 Å². The highest BCUT2D eigenvalue weighted by Crippen LogP contribution is 2.36. The second kappa shape index (κ2) is 7.92. The zero-order valence-corrected chi connectivity index (χ0v) is 15.3. The number of anilines is 1. The van der Waals surface area contributed by atoms with Gasteiger partial charge in [0, 0.05) is 36.8 Å². The van der Waals surface area contributed by atoms with Crippen molar-refractivity contribution in [3.05, 3.63) is 29.0 Å². The van der Waals surface area contributed by atoms with Gasteiger partial charge >= 0.3 is 0 Å². The Balaban J connectivity index is 1.68. The molecule has 25 heavy (non-hydrogen) atoms. The van der Waals surface area contributed by atoms with Gasteiger partial charge in [0.15, 0.2) is 0 Å². The minimum atomic E-state index is -0.420. The summed E-state index contributed by atoms with van der Waals surface area (Å²) in [5, 5.41) is 3.66. The quantitative estimate of drug-likeness (QED) is 0.828. The summed E-state index contributed by atoms with van der Waals surface area (Å²) in [6, 6.07) is 4.93. The number of hydrogen-bond donors (Lipinski definition) is 2. The highest BCUT2D eigenvalue weighted by atomic mass is 35.5. The molecule has 1 saturated carbocycles. The molecule has 2 aliphatic rings. The van der Waals surface area contributed by atoms with Crippen LogP contribution in [0.1, 0.15) is 51.4 Å². The molecule has 0 atom stereocenters. The molecule has 1 heterocycles. The van der Waals surface area contributed by atoms with Crippen molar-refractivity contribution >= 4 is 23.2 Å². The number of carbonyl (C=O) groups is 1. The third-order valence-corrected chi connectivity index (χ3v) is 5.88. The van der Waals surface area contributed by atoms with Gasteiger partial charge in [-0.2, -0.15) is 0 Å². The normalized spacial score (nSPS) is 26.7. The summed E-state index contributed by atoms with van der Waals surface area (Å²) >= 11 is 5.92. The molecule has 0 aromatic heterocycles. The van der Waals surface area contributed by atoms with E-state index in [2.05, 4.69) is 5.32 Å². The molecule has 2 fully saturated rings. The Morgan fingerprint density at radius 1 is 1.32 bits per heavy atom. The molecule has 1 amide bonds. The Labute approximate surface area is 153 Å². The van der Waals surface area contributed by atoms with Crippen LogP contribution in [-0.4, -0.2) is 35.5 Å². The lowest BCUT2D eigenvalue weighted by Gasteiger charge is -2.41.